The minimum absolute atomic E-state index is 0.0334. The summed E-state index contributed by atoms with van der Waals surface area (Å²) in [5.41, 5.74) is 5.91. The lowest BCUT2D eigenvalue weighted by Crippen LogP contribution is -2.34. The molecular formula is C13H22N4O. The summed E-state index contributed by atoms with van der Waals surface area (Å²) >= 11 is 0. The molecule has 2 rings (SSSR count). The van der Waals surface area contributed by atoms with E-state index in [1.165, 1.54) is 0 Å². The normalized spacial score (nSPS) is 24.2. The standard InChI is InChI=1S/C13H22N4O/c1-9(2)17-7-6-15-13(17)16-12(18)10-4-3-5-11(14)8-10/h6-7,9-11H,3-5,8,14H2,1-2H3,(H,15,16,18)/t10-,11+/m1/s1. The van der Waals surface area contributed by atoms with Crippen LogP contribution in [0.2, 0.25) is 0 Å². The summed E-state index contributed by atoms with van der Waals surface area (Å²) in [5, 5.41) is 2.92. The molecule has 18 heavy (non-hydrogen) atoms. The average Bonchev–Trinajstić information content (AvgIpc) is 2.77. The van der Waals surface area contributed by atoms with Crippen molar-refractivity contribution in [3.05, 3.63) is 12.4 Å². The highest BCUT2D eigenvalue weighted by atomic mass is 16.2. The lowest BCUT2D eigenvalue weighted by atomic mass is 9.85. The Morgan fingerprint density at radius 1 is 1.56 bits per heavy atom. The second kappa shape index (κ2) is 5.52. The van der Waals surface area contributed by atoms with Gasteiger partial charge in [0.25, 0.3) is 0 Å². The average molecular weight is 250 g/mol. The maximum Gasteiger partial charge on any atom is 0.229 e. The summed E-state index contributed by atoms with van der Waals surface area (Å²) in [5.74, 6) is 0.721. The molecule has 0 spiro atoms. The van der Waals surface area contributed by atoms with Crippen molar-refractivity contribution in [2.45, 2.75) is 51.6 Å². The van der Waals surface area contributed by atoms with Gasteiger partial charge in [0, 0.05) is 30.4 Å². The summed E-state index contributed by atoms with van der Waals surface area (Å²) in [6, 6.07) is 0.454. The molecule has 5 heteroatoms. The number of hydrogen-bond acceptors (Lipinski definition) is 3. The first-order chi connectivity index (χ1) is 8.58. The van der Waals surface area contributed by atoms with Crippen LogP contribution < -0.4 is 11.1 Å². The molecule has 0 aromatic carbocycles. The molecule has 0 saturated heterocycles. The fraction of sp³-hybridized carbons (Fsp3) is 0.692. The second-order valence-corrected chi connectivity index (χ2v) is 5.36. The van der Waals surface area contributed by atoms with Crippen LogP contribution in [0.15, 0.2) is 12.4 Å². The van der Waals surface area contributed by atoms with Gasteiger partial charge in [0.15, 0.2) is 0 Å². The Morgan fingerprint density at radius 2 is 2.33 bits per heavy atom. The van der Waals surface area contributed by atoms with Crippen molar-refractivity contribution in [1.82, 2.24) is 9.55 Å². The number of carbonyl (C=O) groups is 1. The Bertz CT molecular complexity index is 413. The number of amides is 1. The Morgan fingerprint density at radius 3 is 3.00 bits per heavy atom. The third kappa shape index (κ3) is 2.90. The van der Waals surface area contributed by atoms with Gasteiger partial charge in [-0.2, -0.15) is 0 Å². The summed E-state index contributed by atoms with van der Waals surface area (Å²) in [6.07, 6.45) is 7.38. The number of nitrogens with two attached hydrogens (primary N) is 1. The summed E-state index contributed by atoms with van der Waals surface area (Å²) < 4.78 is 1.96. The van der Waals surface area contributed by atoms with Gasteiger partial charge < -0.3 is 10.3 Å². The molecule has 100 valence electrons. The van der Waals surface area contributed by atoms with Gasteiger partial charge in [0.1, 0.15) is 0 Å². The maximum atomic E-state index is 12.2. The van der Waals surface area contributed by atoms with E-state index in [2.05, 4.69) is 24.1 Å². The SMILES string of the molecule is CC(C)n1ccnc1NC(=O)[C@@H]1CCC[C@H](N)C1. The molecule has 1 aliphatic carbocycles. The van der Waals surface area contributed by atoms with Gasteiger partial charge in [-0.3, -0.25) is 10.1 Å². The minimum atomic E-state index is 0.0334. The zero-order chi connectivity index (χ0) is 13.1. The predicted octanol–water partition coefficient (Wildman–Crippen LogP) is 1.92. The van der Waals surface area contributed by atoms with E-state index in [0.717, 1.165) is 25.7 Å². The number of aromatic nitrogens is 2. The Labute approximate surface area is 108 Å². The third-order valence-corrected chi connectivity index (χ3v) is 3.55. The van der Waals surface area contributed by atoms with Crippen LogP contribution in [0, 0.1) is 5.92 Å². The molecular weight excluding hydrogens is 228 g/mol. The van der Waals surface area contributed by atoms with E-state index in [0.29, 0.717) is 5.95 Å². The van der Waals surface area contributed by atoms with E-state index in [1.54, 1.807) is 6.20 Å². The van der Waals surface area contributed by atoms with E-state index in [1.807, 2.05) is 10.8 Å². The topological polar surface area (TPSA) is 72.9 Å². The quantitative estimate of drug-likeness (QED) is 0.860. The van der Waals surface area contributed by atoms with Gasteiger partial charge in [-0.25, -0.2) is 4.98 Å². The number of imidazole rings is 1. The zero-order valence-corrected chi connectivity index (χ0v) is 11.1. The molecule has 1 heterocycles. The lowest BCUT2D eigenvalue weighted by molar-refractivity contribution is -0.121. The molecule has 5 nitrogen and oxygen atoms in total. The van der Waals surface area contributed by atoms with Crippen LogP contribution in [0.25, 0.3) is 0 Å². The van der Waals surface area contributed by atoms with Gasteiger partial charge in [-0.05, 0) is 33.1 Å². The van der Waals surface area contributed by atoms with Crippen molar-refractivity contribution < 1.29 is 4.79 Å². The third-order valence-electron chi connectivity index (χ3n) is 3.55. The number of rotatable bonds is 3. The van der Waals surface area contributed by atoms with Crippen molar-refractivity contribution in [1.29, 1.82) is 0 Å². The van der Waals surface area contributed by atoms with Gasteiger partial charge in [0.2, 0.25) is 11.9 Å². The van der Waals surface area contributed by atoms with Crippen LogP contribution in [-0.2, 0) is 4.79 Å². The van der Waals surface area contributed by atoms with E-state index in [-0.39, 0.29) is 23.9 Å². The number of carbonyl (C=O) groups excluding carboxylic acids is 1. The zero-order valence-electron chi connectivity index (χ0n) is 11.1. The molecule has 1 aromatic heterocycles. The molecule has 3 N–H and O–H groups in total. The van der Waals surface area contributed by atoms with Crippen molar-refractivity contribution in [3.8, 4) is 0 Å². The molecule has 1 amide bonds. The van der Waals surface area contributed by atoms with Crippen LogP contribution in [-0.4, -0.2) is 21.5 Å². The first kappa shape index (κ1) is 13.1. The van der Waals surface area contributed by atoms with Gasteiger partial charge >= 0.3 is 0 Å². The number of nitrogens with zero attached hydrogens (tertiary/aromatic N) is 2. The molecule has 0 radical (unpaired) electrons. The summed E-state index contributed by atoms with van der Waals surface area (Å²) in [4.78, 5) is 16.4. The van der Waals surface area contributed by atoms with Crippen molar-refractivity contribution in [2.75, 3.05) is 5.32 Å². The monoisotopic (exact) mass is 250 g/mol. The Kier molecular flexibility index (Phi) is 4.01. The van der Waals surface area contributed by atoms with Gasteiger partial charge in [0.05, 0.1) is 0 Å². The van der Waals surface area contributed by atoms with Crippen LogP contribution in [0.1, 0.15) is 45.6 Å². The largest absolute Gasteiger partial charge is 0.328 e. The molecule has 1 fully saturated rings. The highest BCUT2D eigenvalue weighted by Crippen LogP contribution is 2.24. The lowest BCUT2D eigenvalue weighted by Gasteiger charge is -2.25. The van der Waals surface area contributed by atoms with Crippen LogP contribution in [0.5, 0.6) is 0 Å². The summed E-state index contributed by atoms with van der Waals surface area (Å²) in [6.45, 7) is 4.13. The van der Waals surface area contributed by atoms with Gasteiger partial charge in [-0.15, -0.1) is 0 Å². The molecule has 1 aliphatic rings. The van der Waals surface area contributed by atoms with E-state index < -0.39 is 0 Å². The maximum absolute atomic E-state index is 12.2. The smallest absolute Gasteiger partial charge is 0.229 e. The predicted molar refractivity (Wildman–Crippen MR) is 71.2 cm³/mol. The molecule has 2 atom stereocenters. The molecule has 1 saturated carbocycles. The molecule has 0 bridgehead atoms. The fourth-order valence-electron chi connectivity index (χ4n) is 2.50. The van der Waals surface area contributed by atoms with E-state index in [9.17, 15) is 4.79 Å². The molecule has 0 aliphatic heterocycles. The van der Waals surface area contributed by atoms with Crippen molar-refractivity contribution in [3.63, 3.8) is 0 Å². The van der Waals surface area contributed by atoms with Crippen molar-refractivity contribution in [2.24, 2.45) is 11.7 Å². The van der Waals surface area contributed by atoms with Crippen LogP contribution in [0.3, 0.4) is 0 Å². The molecule has 0 unspecified atom stereocenters. The minimum Gasteiger partial charge on any atom is -0.328 e. The molecule has 1 aromatic rings. The van der Waals surface area contributed by atoms with Crippen molar-refractivity contribution >= 4 is 11.9 Å². The second-order valence-electron chi connectivity index (χ2n) is 5.36. The Hall–Kier alpha value is -1.36. The van der Waals surface area contributed by atoms with Crippen LogP contribution in [0.4, 0.5) is 5.95 Å². The number of hydrogen-bond donors (Lipinski definition) is 2. The highest BCUT2D eigenvalue weighted by Gasteiger charge is 2.26. The first-order valence-corrected chi connectivity index (χ1v) is 6.67. The summed E-state index contributed by atoms with van der Waals surface area (Å²) in [7, 11) is 0. The first-order valence-electron chi connectivity index (χ1n) is 6.67. The van der Waals surface area contributed by atoms with E-state index in [4.69, 9.17) is 5.73 Å². The van der Waals surface area contributed by atoms with E-state index >= 15 is 0 Å². The highest BCUT2D eigenvalue weighted by molar-refractivity contribution is 5.91. The fourth-order valence-corrected chi connectivity index (χ4v) is 2.50. The Balaban J connectivity index is 2.00. The number of nitrogens with one attached hydrogen (secondary N) is 1. The van der Waals surface area contributed by atoms with Gasteiger partial charge in [-0.1, -0.05) is 6.42 Å². The van der Waals surface area contributed by atoms with Crippen LogP contribution >= 0.6 is 0 Å². The number of anilines is 1.